The van der Waals surface area contributed by atoms with Gasteiger partial charge in [0.2, 0.25) is 0 Å². The van der Waals surface area contributed by atoms with Crippen LogP contribution in [0.3, 0.4) is 0 Å². The van der Waals surface area contributed by atoms with Crippen molar-refractivity contribution in [2.24, 2.45) is 0 Å². The lowest BCUT2D eigenvalue weighted by Crippen LogP contribution is -2.30. The maximum atomic E-state index is 5.21. The second-order valence-corrected chi connectivity index (χ2v) is 3.42. The van der Waals surface area contributed by atoms with Crippen LogP contribution in [0.15, 0.2) is 12.4 Å². The maximum absolute atomic E-state index is 5.21. The highest BCUT2D eigenvalue weighted by atomic mass is 16.5. The molecule has 1 heterocycles. The Morgan fingerprint density at radius 3 is 2.64 bits per heavy atom. The first-order valence-electron chi connectivity index (χ1n) is 4.71. The van der Waals surface area contributed by atoms with E-state index in [1.807, 2.05) is 19.9 Å². The fourth-order valence-corrected chi connectivity index (χ4v) is 1.09. The molecule has 0 saturated heterocycles. The molecule has 0 bridgehead atoms. The number of hydrogen-bond acceptors (Lipinski definition) is 4. The van der Waals surface area contributed by atoms with Gasteiger partial charge in [0, 0.05) is 18.9 Å². The first kappa shape index (κ1) is 10.9. The van der Waals surface area contributed by atoms with E-state index in [4.69, 9.17) is 4.74 Å². The van der Waals surface area contributed by atoms with Gasteiger partial charge in [-0.15, -0.1) is 0 Å². The highest BCUT2D eigenvalue weighted by Crippen LogP contribution is 2.07. The van der Waals surface area contributed by atoms with Crippen molar-refractivity contribution < 1.29 is 4.74 Å². The molecule has 0 spiro atoms. The van der Waals surface area contributed by atoms with Crippen LogP contribution in [0.25, 0.3) is 0 Å². The van der Waals surface area contributed by atoms with Crippen LogP contribution in [0.1, 0.15) is 19.5 Å². The molecule has 1 rings (SSSR count). The predicted octanol–water partition coefficient (Wildman–Crippen LogP) is 1.62. The van der Waals surface area contributed by atoms with E-state index in [0.29, 0.717) is 0 Å². The molecule has 1 aromatic heterocycles. The number of nitrogens with one attached hydrogen (secondary N) is 1. The van der Waals surface area contributed by atoms with Gasteiger partial charge in [0.1, 0.15) is 12.1 Å². The molecule has 0 saturated carbocycles. The Morgan fingerprint density at radius 1 is 1.36 bits per heavy atom. The summed E-state index contributed by atoms with van der Waals surface area (Å²) in [6.07, 6.45) is 1.72. The van der Waals surface area contributed by atoms with Gasteiger partial charge in [-0.2, -0.15) is 0 Å². The van der Waals surface area contributed by atoms with Crippen molar-refractivity contribution in [3.63, 3.8) is 0 Å². The van der Waals surface area contributed by atoms with E-state index in [2.05, 4.69) is 22.2 Å². The van der Waals surface area contributed by atoms with Crippen molar-refractivity contribution in [1.29, 1.82) is 0 Å². The summed E-state index contributed by atoms with van der Waals surface area (Å²) in [6, 6.07) is 2.15. The Bertz CT molecular complexity index is 290. The number of hydrogen-bond donors (Lipinski definition) is 1. The van der Waals surface area contributed by atoms with Crippen molar-refractivity contribution in [1.82, 2.24) is 9.97 Å². The lowest BCUT2D eigenvalue weighted by molar-refractivity contribution is 0.106. The van der Waals surface area contributed by atoms with Crippen molar-refractivity contribution in [3.8, 4) is 0 Å². The molecule has 4 heteroatoms. The second kappa shape index (κ2) is 4.91. The fourth-order valence-electron chi connectivity index (χ4n) is 1.09. The van der Waals surface area contributed by atoms with Crippen LogP contribution in [0.5, 0.6) is 0 Å². The molecule has 0 radical (unpaired) electrons. The molecule has 1 unspecified atom stereocenters. The van der Waals surface area contributed by atoms with Crippen LogP contribution < -0.4 is 5.32 Å². The van der Waals surface area contributed by atoms with Gasteiger partial charge in [0.15, 0.2) is 0 Å². The number of aryl methyl sites for hydroxylation is 1. The van der Waals surface area contributed by atoms with Crippen molar-refractivity contribution >= 4 is 5.82 Å². The normalized spacial score (nSPS) is 14.9. The van der Waals surface area contributed by atoms with Crippen LogP contribution in [0.4, 0.5) is 5.82 Å². The number of rotatable bonds is 4. The number of nitrogens with zero attached hydrogens (tertiary/aromatic N) is 2. The Balaban J connectivity index is 2.60. The summed E-state index contributed by atoms with van der Waals surface area (Å²) in [5.74, 6) is 0.842. The lowest BCUT2D eigenvalue weighted by Gasteiger charge is -2.20. The standard InChI is InChI=1S/C10H17N3O/c1-7-5-10(12-6-11-7)13-8(2)9(3)14-4/h5-6,8-9H,1-4H3,(H,11,12,13)/t8-,9?/m0/s1. The summed E-state index contributed by atoms with van der Waals surface area (Å²) in [5.41, 5.74) is 0.958. The van der Waals surface area contributed by atoms with Gasteiger partial charge in [-0.1, -0.05) is 0 Å². The van der Waals surface area contributed by atoms with E-state index in [-0.39, 0.29) is 12.1 Å². The average molecular weight is 195 g/mol. The molecule has 0 aromatic carbocycles. The summed E-state index contributed by atoms with van der Waals surface area (Å²) in [4.78, 5) is 8.15. The Morgan fingerprint density at radius 2 is 2.07 bits per heavy atom. The van der Waals surface area contributed by atoms with E-state index in [1.165, 1.54) is 0 Å². The Kier molecular flexibility index (Phi) is 3.83. The molecule has 1 aromatic rings. The zero-order valence-electron chi connectivity index (χ0n) is 9.11. The van der Waals surface area contributed by atoms with Crippen LogP contribution in [-0.2, 0) is 4.74 Å². The zero-order chi connectivity index (χ0) is 10.6. The van der Waals surface area contributed by atoms with Crippen LogP contribution in [0.2, 0.25) is 0 Å². The minimum atomic E-state index is 0.158. The van der Waals surface area contributed by atoms with Gasteiger partial charge >= 0.3 is 0 Å². The van der Waals surface area contributed by atoms with Crippen LogP contribution in [-0.4, -0.2) is 29.2 Å². The molecule has 4 nitrogen and oxygen atoms in total. The van der Waals surface area contributed by atoms with Crippen molar-refractivity contribution in [2.45, 2.75) is 32.9 Å². The highest BCUT2D eigenvalue weighted by molar-refractivity contribution is 5.35. The lowest BCUT2D eigenvalue weighted by atomic mass is 10.2. The predicted molar refractivity (Wildman–Crippen MR) is 56.3 cm³/mol. The third-order valence-corrected chi connectivity index (χ3v) is 2.26. The molecular weight excluding hydrogens is 178 g/mol. The van der Waals surface area contributed by atoms with E-state index in [9.17, 15) is 0 Å². The molecule has 14 heavy (non-hydrogen) atoms. The van der Waals surface area contributed by atoms with Crippen LogP contribution >= 0.6 is 0 Å². The Hall–Kier alpha value is -1.16. The van der Waals surface area contributed by atoms with Crippen molar-refractivity contribution in [3.05, 3.63) is 18.1 Å². The molecule has 0 aliphatic carbocycles. The average Bonchev–Trinajstić information content (AvgIpc) is 2.16. The monoisotopic (exact) mass is 195 g/mol. The van der Waals surface area contributed by atoms with Gasteiger partial charge < -0.3 is 10.1 Å². The maximum Gasteiger partial charge on any atom is 0.129 e. The molecule has 0 fully saturated rings. The third kappa shape index (κ3) is 2.96. The Labute approximate surface area is 84.7 Å². The van der Waals surface area contributed by atoms with Gasteiger partial charge in [-0.3, -0.25) is 0 Å². The van der Waals surface area contributed by atoms with Crippen molar-refractivity contribution in [2.75, 3.05) is 12.4 Å². The van der Waals surface area contributed by atoms with Crippen LogP contribution in [0, 0.1) is 6.92 Å². The second-order valence-electron chi connectivity index (χ2n) is 3.42. The summed E-state index contributed by atoms with van der Waals surface area (Å²) in [7, 11) is 1.70. The summed E-state index contributed by atoms with van der Waals surface area (Å²) in [6.45, 7) is 6.02. The first-order valence-corrected chi connectivity index (χ1v) is 4.71. The minimum absolute atomic E-state index is 0.158. The highest BCUT2D eigenvalue weighted by Gasteiger charge is 2.10. The van der Waals surface area contributed by atoms with E-state index in [0.717, 1.165) is 11.5 Å². The summed E-state index contributed by atoms with van der Waals surface area (Å²) in [5, 5.41) is 3.26. The third-order valence-electron chi connectivity index (χ3n) is 2.26. The molecule has 2 atom stereocenters. The molecule has 1 N–H and O–H groups in total. The van der Waals surface area contributed by atoms with E-state index >= 15 is 0 Å². The fraction of sp³-hybridized carbons (Fsp3) is 0.600. The van der Waals surface area contributed by atoms with E-state index in [1.54, 1.807) is 13.4 Å². The van der Waals surface area contributed by atoms with E-state index < -0.39 is 0 Å². The number of methoxy groups -OCH3 is 1. The minimum Gasteiger partial charge on any atom is -0.380 e. The molecule has 0 amide bonds. The topological polar surface area (TPSA) is 47.0 Å². The van der Waals surface area contributed by atoms with Gasteiger partial charge in [-0.05, 0) is 20.8 Å². The molecule has 0 aliphatic rings. The smallest absolute Gasteiger partial charge is 0.129 e. The van der Waals surface area contributed by atoms with Gasteiger partial charge in [0.25, 0.3) is 0 Å². The molecule has 78 valence electrons. The molecular formula is C10H17N3O. The summed E-state index contributed by atoms with van der Waals surface area (Å²) < 4.78 is 5.21. The number of ether oxygens (including phenoxy) is 1. The molecule has 0 aliphatic heterocycles. The number of aromatic nitrogens is 2. The first-order chi connectivity index (χ1) is 6.63. The largest absolute Gasteiger partial charge is 0.380 e. The SMILES string of the molecule is COC(C)[C@H](C)Nc1cc(C)ncn1. The summed E-state index contributed by atoms with van der Waals surface area (Å²) >= 11 is 0. The zero-order valence-corrected chi connectivity index (χ0v) is 9.11. The quantitative estimate of drug-likeness (QED) is 0.793. The number of anilines is 1. The van der Waals surface area contributed by atoms with Gasteiger partial charge in [-0.25, -0.2) is 9.97 Å². The van der Waals surface area contributed by atoms with Gasteiger partial charge in [0.05, 0.1) is 12.1 Å².